The third-order valence-corrected chi connectivity index (χ3v) is 4.22. The summed E-state index contributed by atoms with van der Waals surface area (Å²) in [6.07, 6.45) is 2.65. The third-order valence-electron chi connectivity index (χ3n) is 4.22. The third kappa shape index (κ3) is 4.21. The van der Waals surface area contributed by atoms with Gasteiger partial charge in [0.15, 0.2) is 0 Å². The summed E-state index contributed by atoms with van der Waals surface area (Å²) in [6.45, 7) is 15.9. The predicted octanol–water partition coefficient (Wildman–Crippen LogP) is 3.46. The van der Waals surface area contributed by atoms with E-state index in [9.17, 15) is 4.79 Å². The smallest absolute Gasteiger partial charge is 0.466 e. The summed E-state index contributed by atoms with van der Waals surface area (Å²) in [5, 5.41) is 0. The van der Waals surface area contributed by atoms with Gasteiger partial charge in [-0.2, -0.15) is 0 Å². The van der Waals surface area contributed by atoms with E-state index in [4.69, 9.17) is 14.0 Å². The summed E-state index contributed by atoms with van der Waals surface area (Å²) in [5.74, 6) is -0.231. The minimum atomic E-state index is -0.431. The molecule has 1 rings (SSSR count). The lowest BCUT2D eigenvalue weighted by Gasteiger charge is -2.32. The van der Waals surface area contributed by atoms with Crippen LogP contribution in [0.2, 0.25) is 0 Å². The quantitative estimate of drug-likeness (QED) is 0.427. The molecule has 0 aliphatic carbocycles. The molecule has 1 aliphatic heterocycles. The van der Waals surface area contributed by atoms with Crippen LogP contribution in [0.15, 0.2) is 23.7 Å². The molecule has 0 spiro atoms. The van der Waals surface area contributed by atoms with Crippen LogP contribution in [0.25, 0.3) is 0 Å². The van der Waals surface area contributed by atoms with Crippen LogP contribution in [0.5, 0.6) is 0 Å². The molecule has 0 saturated carbocycles. The molecule has 4 nitrogen and oxygen atoms in total. The van der Waals surface area contributed by atoms with Crippen molar-refractivity contribution >= 4 is 13.1 Å². The second-order valence-electron chi connectivity index (χ2n) is 6.35. The van der Waals surface area contributed by atoms with E-state index in [0.29, 0.717) is 13.0 Å². The fraction of sp³-hybridized carbons (Fsp3) is 0.688. The first-order chi connectivity index (χ1) is 9.64. The summed E-state index contributed by atoms with van der Waals surface area (Å²) in [5.41, 5.74) is 1.10. The number of rotatable bonds is 6. The first-order valence-electron chi connectivity index (χ1n) is 7.45. The lowest BCUT2D eigenvalue weighted by Crippen LogP contribution is -2.41. The number of carbonyl (C=O) groups excluding carboxylic acids is 1. The van der Waals surface area contributed by atoms with Crippen LogP contribution in [0.3, 0.4) is 0 Å². The second-order valence-corrected chi connectivity index (χ2v) is 6.35. The van der Waals surface area contributed by atoms with Gasteiger partial charge in [0, 0.05) is 0 Å². The molecule has 5 heteroatoms. The van der Waals surface area contributed by atoms with Gasteiger partial charge in [-0.05, 0) is 53.4 Å². The molecule has 0 aromatic heterocycles. The molecule has 0 unspecified atom stereocenters. The number of hydrogen-bond acceptors (Lipinski definition) is 4. The zero-order valence-electron chi connectivity index (χ0n) is 14.1. The molecule has 0 radical (unpaired) electrons. The minimum absolute atomic E-state index is 0.231. The monoisotopic (exact) mass is 294 g/mol. The Bertz CT molecular complexity index is 422. The van der Waals surface area contributed by atoms with Gasteiger partial charge in [0.2, 0.25) is 0 Å². The maximum absolute atomic E-state index is 11.7. The maximum Gasteiger partial charge on any atom is 0.490 e. The Hall–Kier alpha value is -1.07. The molecule has 1 heterocycles. The summed E-state index contributed by atoms with van der Waals surface area (Å²) in [4.78, 5) is 11.7. The van der Waals surface area contributed by atoms with Crippen molar-refractivity contribution in [3.8, 4) is 0 Å². The van der Waals surface area contributed by atoms with Crippen molar-refractivity contribution in [2.75, 3.05) is 6.61 Å². The number of esters is 1. The number of carbonyl (C=O) groups is 1. The number of hydrogen-bond donors (Lipinski definition) is 0. The molecule has 0 N–H and O–H groups in total. The summed E-state index contributed by atoms with van der Waals surface area (Å²) < 4.78 is 17.1. The topological polar surface area (TPSA) is 44.8 Å². The molecule has 0 amide bonds. The van der Waals surface area contributed by atoms with Crippen LogP contribution in [0, 0.1) is 0 Å². The van der Waals surface area contributed by atoms with Gasteiger partial charge in [-0.25, -0.2) is 0 Å². The van der Waals surface area contributed by atoms with E-state index in [1.54, 1.807) is 13.0 Å². The van der Waals surface area contributed by atoms with E-state index in [2.05, 4.69) is 6.58 Å². The maximum atomic E-state index is 11.7. The van der Waals surface area contributed by atoms with Crippen LogP contribution >= 0.6 is 0 Å². The van der Waals surface area contributed by atoms with Crippen molar-refractivity contribution in [2.24, 2.45) is 0 Å². The number of ether oxygens (including phenoxy) is 1. The van der Waals surface area contributed by atoms with Crippen LogP contribution < -0.4 is 0 Å². The molecule has 0 atom stereocenters. The SMILES string of the molecule is C=CC/C(CC(=O)OCC)=C(/C)B1OC(C)(C)C(C)(C)O1. The minimum Gasteiger partial charge on any atom is -0.466 e. The molecule has 0 aromatic carbocycles. The molecule has 21 heavy (non-hydrogen) atoms. The van der Waals surface area contributed by atoms with Gasteiger partial charge in [-0.3, -0.25) is 4.79 Å². The van der Waals surface area contributed by atoms with Crippen LogP contribution in [-0.4, -0.2) is 30.9 Å². The largest absolute Gasteiger partial charge is 0.490 e. The van der Waals surface area contributed by atoms with Crippen molar-refractivity contribution in [2.45, 2.75) is 65.6 Å². The molecule has 1 saturated heterocycles. The average Bonchev–Trinajstić information content (AvgIpc) is 2.57. The molecule has 1 aliphatic rings. The lowest BCUT2D eigenvalue weighted by molar-refractivity contribution is -0.142. The van der Waals surface area contributed by atoms with E-state index in [1.165, 1.54) is 0 Å². The summed E-state index contributed by atoms with van der Waals surface area (Å²) >= 11 is 0. The van der Waals surface area contributed by atoms with Gasteiger partial charge in [-0.15, -0.1) is 6.58 Å². The van der Waals surface area contributed by atoms with Gasteiger partial charge in [0.25, 0.3) is 0 Å². The summed E-state index contributed by atoms with van der Waals surface area (Å²) in [6, 6.07) is 0. The molecular formula is C16H27BO4. The lowest BCUT2D eigenvalue weighted by atomic mass is 9.75. The highest BCUT2D eigenvalue weighted by atomic mass is 16.7. The highest BCUT2D eigenvalue weighted by Crippen LogP contribution is 2.39. The Balaban J connectivity index is 2.95. The van der Waals surface area contributed by atoms with E-state index in [-0.39, 0.29) is 23.6 Å². The first-order valence-corrected chi connectivity index (χ1v) is 7.45. The van der Waals surface area contributed by atoms with Crippen LogP contribution in [0.4, 0.5) is 0 Å². The first kappa shape index (κ1) is 18.0. The highest BCUT2D eigenvalue weighted by molar-refractivity contribution is 6.54. The average molecular weight is 294 g/mol. The Kier molecular flexibility index (Phi) is 5.82. The van der Waals surface area contributed by atoms with Gasteiger partial charge in [0.1, 0.15) is 0 Å². The standard InChI is InChI=1S/C16H27BO4/c1-8-10-13(11-14(18)19-9-2)12(3)17-20-15(4,5)16(6,7)21-17/h8H,1,9-11H2,2-7H3/b13-12+. The normalized spacial score (nSPS) is 21.0. The van der Waals surface area contributed by atoms with E-state index >= 15 is 0 Å². The Morgan fingerprint density at radius 1 is 1.24 bits per heavy atom. The zero-order chi connectivity index (χ0) is 16.3. The highest BCUT2D eigenvalue weighted by Gasteiger charge is 2.52. The van der Waals surface area contributed by atoms with Gasteiger partial charge in [-0.1, -0.05) is 11.6 Å². The fourth-order valence-electron chi connectivity index (χ4n) is 2.12. The number of allylic oxidation sites excluding steroid dienone is 2. The van der Waals surface area contributed by atoms with Crippen molar-refractivity contribution in [3.63, 3.8) is 0 Å². The van der Waals surface area contributed by atoms with E-state index in [1.807, 2.05) is 34.6 Å². The molecular weight excluding hydrogens is 267 g/mol. The van der Waals surface area contributed by atoms with Crippen molar-refractivity contribution in [1.29, 1.82) is 0 Å². The summed E-state index contributed by atoms with van der Waals surface area (Å²) in [7, 11) is -0.431. The van der Waals surface area contributed by atoms with Gasteiger partial charge in [0.05, 0.1) is 24.2 Å². The van der Waals surface area contributed by atoms with Crippen molar-refractivity contribution in [1.82, 2.24) is 0 Å². The predicted molar refractivity (Wildman–Crippen MR) is 84.8 cm³/mol. The Labute approximate surface area is 128 Å². The molecule has 0 aromatic rings. The molecule has 118 valence electrons. The Morgan fingerprint density at radius 2 is 1.76 bits per heavy atom. The van der Waals surface area contributed by atoms with Crippen LogP contribution in [-0.2, 0) is 18.8 Å². The van der Waals surface area contributed by atoms with E-state index in [0.717, 1.165) is 11.0 Å². The zero-order valence-corrected chi connectivity index (χ0v) is 14.1. The van der Waals surface area contributed by atoms with E-state index < -0.39 is 7.12 Å². The Morgan fingerprint density at radius 3 is 2.19 bits per heavy atom. The second kappa shape index (κ2) is 6.80. The fourth-order valence-corrected chi connectivity index (χ4v) is 2.12. The van der Waals surface area contributed by atoms with Gasteiger partial charge >= 0.3 is 13.1 Å². The molecule has 1 fully saturated rings. The van der Waals surface area contributed by atoms with Crippen molar-refractivity contribution in [3.05, 3.63) is 23.7 Å². The van der Waals surface area contributed by atoms with Gasteiger partial charge < -0.3 is 14.0 Å². The van der Waals surface area contributed by atoms with Crippen LogP contribution in [0.1, 0.15) is 54.4 Å². The van der Waals surface area contributed by atoms with Crippen molar-refractivity contribution < 1.29 is 18.8 Å². The molecule has 0 bridgehead atoms.